The number of nitrogens with zero attached hydrogens (tertiary/aromatic N) is 5. The minimum absolute atomic E-state index is 0.167. The van der Waals surface area contributed by atoms with Crippen LogP contribution in [-0.2, 0) is 13.5 Å². The van der Waals surface area contributed by atoms with Gasteiger partial charge in [-0.05, 0) is 39.5 Å². The normalized spacial score (nSPS) is 10.8. The second kappa shape index (κ2) is 7.06. The largest absolute Gasteiger partial charge is 0.396 e. The van der Waals surface area contributed by atoms with E-state index in [0.717, 1.165) is 13.0 Å². The molecule has 1 N–H and O–H groups in total. The van der Waals surface area contributed by atoms with Crippen LogP contribution in [0.4, 0.5) is 10.9 Å². The zero-order chi connectivity index (χ0) is 16.2. The first-order valence-electron chi connectivity index (χ1n) is 6.57. The van der Waals surface area contributed by atoms with E-state index in [-0.39, 0.29) is 5.82 Å². The molecule has 0 aliphatic carbocycles. The number of rotatable bonds is 7. The fourth-order valence-corrected chi connectivity index (χ4v) is 4.31. The van der Waals surface area contributed by atoms with Crippen molar-refractivity contribution in [3.05, 3.63) is 38.8 Å². The molecule has 0 bridgehead atoms. The third kappa shape index (κ3) is 3.86. The standard InChI is InChI=1S/C12H12N6O2S3/c1-17-7-14-9(18(19)20)10(17)22-12-16-15-11(23-12)13-5-4-8-3-2-6-21-8/h2-3,6-7H,4-5H2,1H3,(H,13,15). The van der Waals surface area contributed by atoms with Gasteiger partial charge in [-0.25, -0.2) is 0 Å². The summed E-state index contributed by atoms with van der Waals surface area (Å²) in [4.78, 5) is 15.5. The van der Waals surface area contributed by atoms with E-state index in [0.29, 0.717) is 14.5 Å². The Hall–Kier alpha value is -1.98. The molecule has 0 atom stereocenters. The van der Waals surface area contributed by atoms with Crippen LogP contribution in [0.1, 0.15) is 4.88 Å². The summed E-state index contributed by atoms with van der Waals surface area (Å²) in [6.45, 7) is 0.770. The molecule has 0 unspecified atom stereocenters. The second-order valence-corrected chi connectivity index (χ2v) is 7.72. The molecular weight excluding hydrogens is 356 g/mol. The van der Waals surface area contributed by atoms with Crippen molar-refractivity contribution in [1.82, 2.24) is 19.7 Å². The van der Waals surface area contributed by atoms with Crippen molar-refractivity contribution in [1.29, 1.82) is 0 Å². The number of hydrogen-bond acceptors (Lipinski definition) is 9. The Morgan fingerprint density at radius 3 is 3.09 bits per heavy atom. The zero-order valence-electron chi connectivity index (χ0n) is 12.0. The number of nitro groups is 1. The Bertz CT molecular complexity index is 798. The minimum Gasteiger partial charge on any atom is -0.360 e. The Morgan fingerprint density at radius 2 is 2.35 bits per heavy atom. The number of imidazole rings is 1. The maximum absolute atomic E-state index is 11.0. The van der Waals surface area contributed by atoms with E-state index >= 15 is 0 Å². The van der Waals surface area contributed by atoms with Gasteiger partial charge in [0.2, 0.25) is 11.5 Å². The van der Waals surface area contributed by atoms with E-state index < -0.39 is 4.92 Å². The van der Waals surface area contributed by atoms with Gasteiger partial charge >= 0.3 is 5.82 Å². The van der Waals surface area contributed by atoms with Crippen LogP contribution in [0.25, 0.3) is 0 Å². The third-order valence-corrected chi connectivity index (χ3v) is 5.89. The zero-order valence-corrected chi connectivity index (χ0v) is 14.5. The Morgan fingerprint density at radius 1 is 1.48 bits per heavy atom. The van der Waals surface area contributed by atoms with Crippen molar-refractivity contribution in [2.24, 2.45) is 7.05 Å². The SMILES string of the molecule is Cn1cnc([N+](=O)[O-])c1Sc1nnc(NCCc2cccs2)s1. The summed E-state index contributed by atoms with van der Waals surface area (Å²) in [5.41, 5.74) is 0. The summed E-state index contributed by atoms with van der Waals surface area (Å²) >= 11 is 4.28. The fraction of sp³-hybridized carbons (Fsp3) is 0.250. The highest BCUT2D eigenvalue weighted by Crippen LogP contribution is 2.36. The number of hydrogen-bond donors (Lipinski definition) is 1. The lowest BCUT2D eigenvalue weighted by atomic mass is 10.3. The van der Waals surface area contributed by atoms with Gasteiger partial charge in [0.05, 0.1) is 0 Å². The van der Waals surface area contributed by atoms with Crippen molar-refractivity contribution in [3.63, 3.8) is 0 Å². The molecule has 0 aliphatic heterocycles. The van der Waals surface area contributed by atoms with E-state index in [9.17, 15) is 10.1 Å². The summed E-state index contributed by atoms with van der Waals surface area (Å²) in [5.74, 6) is -0.167. The smallest absolute Gasteiger partial charge is 0.360 e. The molecule has 120 valence electrons. The molecule has 3 aromatic rings. The van der Waals surface area contributed by atoms with Crippen molar-refractivity contribution < 1.29 is 4.92 Å². The highest BCUT2D eigenvalue weighted by Gasteiger charge is 2.22. The highest BCUT2D eigenvalue weighted by atomic mass is 32.2. The van der Waals surface area contributed by atoms with Gasteiger partial charge < -0.3 is 20.0 Å². The second-order valence-electron chi connectivity index (χ2n) is 4.47. The molecule has 0 saturated heterocycles. The monoisotopic (exact) mass is 368 g/mol. The summed E-state index contributed by atoms with van der Waals surface area (Å²) in [6, 6.07) is 4.12. The van der Waals surface area contributed by atoms with E-state index in [1.54, 1.807) is 23.0 Å². The quantitative estimate of drug-likeness (QED) is 0.505. The molecule has 11 heteroatoms. The molecule has 0 saturated carbocycles. The minimum atomic E-state index is -0.496. The average Bonchev–Trinajstić information content (AvgIpc) is 3.23. The van der Waals surface area contributed by atoms with Crippen LogP contribution in [0.15, 0.2) is 33.2 Å². The molecular formula is C12H12N6O2S3. The Balaban J connectivity index is 1.61. The van der Waals surface area contributed by atoms with Gasteiger partial charge in [-0.1, -0.05) is 17.4 Å². The first-order chi connectivity index (χ1) is 11.1. The lowest BCUT2D eigenvalue weighted by Crippen LogP contribution is -2.03. The van der Waals surface area contributed by atoms with Crippen molar-refractivity contribution >= 4 is 45.4 Å². The van der Waals surface area contributed by atoms with Crippen LogP contribution in [0.2, 0.25) is 0 Å². The van der Waals surface area contributed by atoms with Crippen LogP contribution in [0, 0.1) is 10.1 Å². The van der Waals surface area contributed by atoms with Gasteiger partial charge in [0, 0.05) is 18.5 Å². The maximum Gasteiger partial charge on any atom is 0.396 e. The van der Waals surface area contributed by atoms with E-state index in [1.165, 1.54) is 34.3 Å². The molecule has 0 amide bonds. The highest BCUT2D eigenvalue weighted by molar-refractivity contribution is 8.01. The average molecular weight is 368 g/mol. The van der Waals surface area contributed by atoms with Crippen LogP contribution in [-0.4, -0.2) is 31.2 Å². The molecule has 0 fully saturated rings. The van der Waals surface area contributed by atoms with Gasteiger partial charge in [-0.3, -0.25) is 0 Å². The number of thiophene rings is 1. The number of aromatic nitrogens is 4. The van der Waals surface area contributed by atoms with Crippen LogP contribution >= 0.6 is 34.4 Å². The Kier molecular flexibility index (Phi) is 4.88. The van der Waals surface area contributed by atoms with Gasteiger partial charge in [-0.15, -0.1) is 21.5 Å². The number of aryl methyl sites for hydroxylation is 1. The summed E-state index contributed by atoms with van der Waals surface area (Å²) in [6.07, 6.45) is 2.34. The molecule has 3 rings (SSSR count). The van der Waals surface area contributed by atoms with E-state index in [2.05, 4.69) is 31.9 Å². The van der Waals surface area contributed by atoms with Crippen molar-refractivity contribution in [3.8, 4) is 0 Å². The summed E-state index contributed by atoms with van der Waals surface area (Å²) < 4.78 is 2.24. The predicted octanol–water partition coefficient (Wildman–Crippen LogP) is 3.05. The van der Waals surface area contributed by atoms with Gasteiger partial charge in [0.25, 0.3) is 0 Å². The lowest BCUT2D eigenvalue weighted by molar-refractivity contribution is -0.392. The molecule has 0 aliphatic rings. The number of anilines is 1. The lowest BCUT2D eigenvalue weighted by Gasteiger charge is -1.99. The van der Waals surface area contributed by atoms with E-state index in [4.69, 9.17) is 0 Å². The first kappa shape index (κ1) is 15.9. The molecule has 3 heterocycles. The van der Waals surface area contributed by atoms with Gasteiger partial charge in [-0.2, -0.15) is 0 Å². The Labute approximate surface area is 143 Å². The van der Waals surface area contributed by atoms with E-state index in [1.807, 2.05) is 6.07 Å². The van der Waals surface area contributed by atoms with Crippen molar-refractivity contribution in [2.45, 2.75) is 15.8 Å². The van der Waals surface area contributed by atoms with Gasteiger partial charge in [0.15, 0.2) is 9.37 Å². The summed E-state index contributed by atoms with van der Waals surface area (Å²) in [5, 5.41) is 25.5. The van der Waals surface area contributed by atoms with Crippen LogP contribution < -0.4 is 5.32 Å². The molecule has 3 aromatic heterocycles. The van der Waals surface area contributed by atoms with Gasteiger partial charge in [0.1, 0.15) is 0 Å². The number of nitrogens with one attached hydrogen (secondary N) is 1. The topological polar surface area (TPSA) is 98.8 Å². The van der Waals surface area contributed by atoms with Crippen molar-refractivity contribution in [2.75, 3.05) is 11.9 Å². The molecule has 0 aromatic carbocycles. The first-order valence-corrected chi connectivity index (χ1v) is 9.08. The van der Waals surface area contributed by atoms with Crippen LogP contribution in [0.3, 0.4) is 0 Å². The molecule has 23 heavy (non-hydrogen) atoms. The summed E-state index contributed by atoms with van der Waals surface area (Å²) in [7, 11) is 1.71. The molecule has 0 radical (unpaired) electrons. The molecule has 0 spiro atoms. The maximum atomic E-state index is 11.0. The predicted molar refractivity (Wildman–Crippen MR) is 90.4 cm³/mol. The molecule has 8 nitrogen and oxygen atoms in total. The fourth-order valence-electron chi connectivity index (χ4n) is 1.80. The third-order valence-electron chi connectivity index (χ3n) is 2.86. The van der Waals surface area contributed by atoms with Crippen LogP contribution in [0.5, 0.6) is 0 Å².